The fourth-order valence-electron chi connectivity index (χ4n) is 2.63. The number of aromatic nitrogens is 1. The van der Waals surface area contributed by atoms with Gasteiger partial charge in [0.05, 0.1) is 5.69 Å². The number of hydrogen-bond donors (Lipinski definition) is 1. The number of para-hydroxylation sites is 1. The number of hydrogen-bond acceptors (Lipinski definition) is 4. The number of nitrogens with zero attached hydrogens (tertiary/aromatic N) is 1. The van der Waals surface area contributed by atoms with Crippen LogP contribution < -0.4 is 10.1 Å². The Labute approximate surface area is 151 Å². The van der Waals surface area contributed by atoms with Crippen molar-refractivity contribution >= 4 is 38.3 Å². The Hall–Kier alpha value is -2.18. The maximum Gasteiger partial charge on any atom is 0.267 e. The van der Waals surface area contributed by atoms with Gasteiger partial charge < -0.3 is 4.74 Å². The van der Waals surface area contributed by atoms with E-state index in [-0.39, 0.29) is 5.91 Å². The van der Waals surface area contributed by atoms with E-state index in [1.165, 1.54) is 11.3 Å². The lowest BCUT2D eigenvalue weighted by molar-refractivity contribution is -0.122. The van der Waals surface area contributed by atoms with Crippen molar-refractivity contribution in [2.24, 2.45) is 0 Å². The standard InChI is InChI=1S/C18H13BrN2O2S/c19-13-6-3-5-11(8-13)14-10-24-18(20-14)21-17(22)16-9-12-4-1-2-7-15(12)23-16/h1-8,10,16H,9H2,(H,20,21,22). The van der Waals surface area contributed by atoms with Crippen molar-refractivity contribution in [1.82, 2.24) is 4.98 Å². The number of rotatable bonds is 3. The quantitative estimate of drug-likeness (QED) is 0.703. The first kappa shape index (κ1) is 15.4. The second-order valence-corrected chi connectivity index (χ2v) is 7.23. The predicted molar refractivity (Wildman–Crippen MR) is 98.4 cm³/mol. The minimum absolute atomic E-state index is 0.165. The van der Waals surface area contributed by atoms with Crippen LogP contribution in [0.2, 0.25) is 0 Å². The van der Waals surface area contributed by atoms with E-state index >= 15 is 0 Å². The first-order valence-electron chi connectivity index (χ1n) is 7.46. The van der Waals surface area contributed by atoms with Crippen LogP contribution in [0.25, 0.3) is 11.3 Å². The van der Waals surface area contributed by atoms with Gasteiger partial charge in [-0.3, -0.25) is 10.1 Å². The lowest BCUT2D eigenvalue weighted by Gasteiger charge is -2.09. The highest BCUT2D eigenvalue weighted by atomic mass is 79.9. The van der Waals surface area contributed by atoms with Gasteiger partial charge in [-0.2, -0.15) is 0 Å². The summed E-state index contributed by atoms with van der Waals surface area (Å²) in [5.41, 5.74) is 2.91. The third-order valence-corrected chi connectivity index (χ3v) is 5.05. The maximum atomic E-state index is 12.4. The third-order valence-electron chi connectivity index (χ3n) is 3.79. The molecule has 0 spiro atoms. The molecule has 1 aliphatic heterocycles. The average Bonchev–Trinajstić information content (AvgIpc) is 3.21. The smallest absolute Gasteiger partial charge is 0.267 e. The molecule has 6 heteroatoms. The van der Waals surface area contributed by atoms with E-state index in [1.807, 2.05) is 53.9 Å². The fourth-order valence-corrected chi connectivity index (χ4v) is 3.75. The number of amides is 1. The second-order valence-electron chi connectivity index (χ2n) is 5.46. The van der Waals surface area contributed by atoms with Gasteiger partial charge in [-0.1, -0.05) is 46.3 Å². The van der Waals surface area contributed by atoms with Gasteiger partial charge in [0, 0.05) is 21.8 Å². The summed E-state index contributed by atoms with van der Waals surface area (Å²) < 4.78 is 6.70. The summed E-state index contributed by atoms with van der Waals surface area (Å²) in [6.07, 6.45) is 0.0897. The summed E-state index contributed by atoms with van der Waals surface area (Å²) in [6.45, 7) is 0. The largest absolute Gasteiger partial charge is 0.480 e. The Balaban J connectivity index is 1.46. The fraction of sp³-hybridized carbons (Fsp3) is 0.111. The molecule has 0 fully saturated rings. The zero-order chi connectivity index (χ0) is 16.5. The van der Waals surface area contributed by atoms with Gasteiger partial charge in [0.1, 0.15) is 5.75 Å². The van der Waals surface area contributed by atoms with E-state index < -0.39 is 6.10 Å². The van der Waals surface area contributed by atoms with Crippen LogP contribution in [0.4, 0.5) is 5.13 Å². The van der Waals surface area contributed by atoms with Crippen LogP contribution in [0.3, 0.4) is 0 Å². The molecule has 24 heavy (non-hydrogen) atoms. The number of halogens is 1. The maximum absolute atomic E-state index is 12.4. The number of nitrogens with one attached hydrogen (secondary N) is 1. The van der Waals surface area contributed by atoms with Crippen LogP contribution in [0.1, 0.15) is 5.56 Å². The minimum atomic E-state index is -0.499. The molecule has 0 saturated heterocycles. The Morgan fingerprint density at radius 1 is 1.25 bits per heavy atom. The summed E-state index contributed by atoms with van der Waals surface area (Å²) in [5.74, 6) is 0.618. The van der Waals surface area contributed by atoms with Crippen molar-refractivity contribution in [2.45, 2.75) is 12.5 Å². The first-order valence-corrected chi connectivity index (χ1v) is 9.13. The normalized spacial score (nSPS) is 15.6. The van der Waals surface area contributed by atoms with Crippen molar-refractivity contribution in [3.63, 3.8) is 0 Å². The molecule has 4 rings (SSSR count). The van der Waals surface area contributed by atoms with Gasteiger partial charge in [0.25, 0.3) is 5.91 Å². The Kier molecular flexibility index (Phi) is 4.08. The van der Waals surface area contributed by atoms with E-state index in [1.54, 1.807) is 0 Å². The lowest BCUT2D eigenvalue weighted by Crippen LogP contribution is -2.31. The van der Waals surface area contributed by atoms with Gasteiger partial charge in [-0.25, -0.2) is 4.98 Å². The Morgan fingerprint density at radius 3 is 2.96 bits per heavy atom. The van der Waals surface area contributed by atoms with Gasteiger partial charge in [0.15, 0.2) is 11.2 Å². The van der Waals surface area contributed by atoms with Crippen molar-refractivity contribution in [3.05, 3.63) is 63.9 Å². The van der Waals surface area contributed by atoms with Gasteiger partial charge in [-0.15, -0.1) is 11.3 Å². The van der Waals surface area contributed by atoms with Gasteiger partial charge in [-0.05, 0) is 23.8 Å². The van der Waals surface area contributed by atoms with E-state index in [4.69, 9.17) is 4.74 Å². The van der Waals surface area contributed by atoms with Gasteiger partial charge in [0.2, 0.25) is 0 Å². The molecule has 2 heterocycles. The third kappa shape index (κ3) is 3.07. The Morgan fingerprint density at radius 2 is 2.12 bits per heavy atom. The number of carbonyl (C=O) groups excluding carboxylic acids is 1. The molecule has 1 N–H and O–H groups in total. The highest BCUT2D eigenvalue weighted by Gasteiger charge is 2.29. The van der Waals surface area contributed by atoms with E-state index in [0.29, 0.717) is 11.6 Å². The number of thiazole rings is 1. The topological polar surface area (TPSA) is 51.2 Å². The molecule has 120 valence electrons. The van der Waals surface area contributed by atoms with Crippen molar-refractivity contribution in [3.8, 4) is 17.0 Å². The minimum Gasteiger partial charge on any atom is -0.480 e. The van der Waals surface area contributed by atoms with Crippen LogP contribution in [-0.4, -0.2) is 17.0 Å². The van der Waals surface area contributed by atoms with E-state index in [0.717, 1.165) is 27.0 Å². The Bertz CT molecular complexity index is 884. The number of ether oxygens (including phenoxy) is 1. The molecule has 0 bridgehead atoms. The number of fused-ring (bicyclic) bond motifs is 1. The molecule has 1 aromatic heterocycles. The number of benzene rings is 2. The van der Waals surface area contributed by atoms with Crippen LogP contribution in [-0.2, 0) is 11.2 Å². The van der Waals surface area contributed by atoms with Gasteiger partial charge >= 0.3 is 0 Å². The van der Waals surface area contributed by atoms with Crippen LogP contribution in [0.5, 0.6) is 5.75 Å². The molecule has 1 atom stereocenters. The lowest BCUT2D eigenvalue weighted by atomic mass is 10.1. The zero-order valence-electron chi connectivity index (χ0n) is 12.5. The monoisotopic (exact) mass is 400 g/mol. The molecule has 0 radical (unpaired) electrons. The predicted octanol–water partition coefficient (Wildman–Crippen LogP) is 4.51. The molecule has 1 unspecified atom stereocenters. The molecular weight excluding hydrogens is 388 g/mol. The number of carbonyl (C=O) groups is 1. The molecule has 0 saturated carbocycles. The van der Waals surface area contributed by atoms with Crippen molar-refractivity contribution < 1.29 is 9.53 Å². The highest BCUT2D eigenvalue weighted by molar-refractivity contribution is 9.10. The summed E-state index contributed by atoms with van der Waals surface area (Å²) >= 11 is 4.86. The summed E-state index contributed by atoms with van der Waals surface area (Å²) in [4.78, 5) is 16.9. The highest BCUT2D eigenvalue weighted by Crippen LogP contribution is 2.30. The molecule has 3 aromatic rings. The SMILES string of the molecule is O=C(Nc1nc(-c2cccc(Br)c2)cs1)C1Cc2ccccc2O1. The van der Waals surface area contributed by atoms with E-state index in [2.05, 4.69) is 26.2 Å². The zero-order valence-corrected chi connectivity index (χ0v) is 14.9. The molecule has 1 aliphatic rings. The molecule has 4 nitrogen and oxygen atoms in total. The van der Waals surface area contributed by atoms with E-state index in [9.17, 15) is 4.79 Å². The summed E-state index contributed by atoms with van der Waals surface area (Å²) in [5, 5.41) is 5.37. The van der Waals surface area contributed by atoms with Crippen LogP contribution >= 0.6 is 27.3 Å². The molecular formula is C18H13BrN2O2S. The number of anilines is 1. The first-order chi connectivity index (χ1) is 11.7. The molecule has 0 aliphatic carbocycles. The summed E-state index contributed by atoms with van der Waals surface area (Å²) in [7, 11) is 0. The van der Waals surface area contributed by atoms with Crippen molar-refractivity contribution in [1.29, 1.82) is 0 Å². The summed E-state index contributed by atoms with van der Waals surface area (Å²) in [6, 6.07) is 15.6. The molecule has 2 aromatic carbocycles. The molecule has 1 amide bonds. The second kappa shape index (κ2) is 6.37. The van der Waals surface area contributed by atoms with Crippen molar-refractivity contribution in [2.75, 3.05) is 5.32 Å². The van der Waals surface area contributed by atoms with Crippen LogP contribution in [0.15, 0.2) is 58.4 Å². The average molecular weight is 401 g/mol. The van der Waals surface area contributed by atoms with Crippen LogP contribution in [0, 0.1) is 0 Å².